The molecule has 0 saturated carbocycles. The highest BCUT2D eigenvalue weighted by atomic mass is 16.2. The van der Waals surface area contributed by atoms with Gasteiger partial charge in [0.2, 0.25) is 11.8 Å². The summed E-state index contributed by atoms with van der Waals surface area (Å²) < 4.78 is 0. The Hall–Kier alpha value is -2.62. The van der Waals surface area contributed by atoms with Gasteiger partial charge in [-0.25, -0.2) is 0 Å². The zero-order valence-corrected chi connectivity index (χ0v) is 17.0. The van der Waals surface area contributed by atoms with Gasteiger partial charge in [-0.2, -0.15) is 0 Å². The maximum Gasteiger partial charge on any atom is 0.226 e. The topological polar surface area (TPSA) is 49.4 Å². The Kier molecular flexibility index (Phi) is 6.78. The van der Waals surface area contributed by atoms with E-state index in [2.05, 4.69) is 33.0 Å². The predicted octanol–water partition coefficient (Wildman–Crippen LogP) is 4.93. The fraction of sp³-hybridized carbons (Fsp3) is 0.391. The van der Waals surface area contributed by atoms with Crippen molar-refractivity contribution in [2.24, 2.45) is 0 Å². The van der Waals surface area contributed by atoms with Crippen molar-refractivity contribution in [1.82, 2.24) is 0 Å². The van der Waals surface area contributed by atoms with Gasteiger partial charge in [0.25, 0.3) is 0 Å². The summed E-state index contributed by atoms with van der Waals surface area (Å²) in [5, 5.41) is 3.01. The van der Waals surface area contributed by atoms with Crippen LogP contribution in [0.4, 0.5) is 11.4 Å². The highest BCUT2D eigenvalue weighted by Crippen LogP contribution is 2.29. The molecule has 27 heavy (non-hydrogen) atoms. The molecule has 0 aromatic heterocycles. The van der Waals surface area contributed by atoms with Crippen LogP contribution in [0.5, 0.6) is 0 Å². The zero-order chi connectivity index (χ0) is 20.0. The average Bonchev–Trinajstić information content (AvgIpc) is 2.61. The monoisotopic (exact) mass is 366 g/mol. The second kappa shape index (κ2) is 8.85. The molecule has 0 unspecified atom stereocenters. The summed E-state index contributed by atoms with van der Waals surface area (Å²) in [5.41, 5.74) is 3.85. The molecule has 0 saturated heterocycles. The molecule has 2 amide bonds. The Morgan fingerprint density at radius 1 is 1.00 bits per heavy atom. The summed E-state index contributed by atoms with van der Waals surface area (Å²) in [7, 11) is 0. The normalized spacial score (nSPS) is 11.1. The van der Waals surface area contributed by atoms with Crippen LogP contribution in [0.1, 0.15) is 52.2 Å². The molecule has 0 radical (unpaired) electrons. The van der Waals surface area contributed by atoms with E-state index in [1.807, 2.05) is 48.5 Å². The van der Waals surface area contributed by atoms with Gasteiger partial charge in [-0.15, -0.1) is 0 Å². The zero-order valence-electron chi connectivity index (χ0n) is 17.0. The van der Waals surface area contributed by atoms with Crippen LogP contribution in [-0.4, -0.2) is 18.4 Å². The van der Waals surface area contributed by atoms with Gasteiger partial charge in [-0.05, 0) is 35.1 Å². The number of hydrogen-bond donors (Lipinski definition) is 1. The van der Waals surface area contributed by atoms with Crippen molar-refractivity contribution >= 4 is 23.2 Å². The minimum Gasteiger partial charge on any atom is -0.326 e. The molecule has 2 aromatic carbocycles. The molecular weight excluding hydrogens is 336 g/mol. The van der Waals surface area contributed by atoms with Crippen LogP contribution in [0.2, 0.25) is 0 Å². The molecule has 2 rings (SSSR count). The molecule has 0 aliphatic heterocycles. The largest absolute Gasteiger partial charge is 0.326 e. The fourth-order valence-corrected chi connectivity index (χ4v) is 3.19. The van der Waals surface area contributed by atoms with Crippen LogP contribution in [0, 0.1) is 0 Å². The quantitative estimate of drug-likeness (QED) is 0.788. The van der Waals surface area contributed by atoms with Crippen molar-refractivity contribution < 1.29 is 9.59 Å². The SMILES string of the molecule is CCc1ccccc1N(CCC(=O)Nc1ccccc1C(C)(C)C)C(C)=O. The standard InChI is InChI=1S/C23H30N2O2/c1-6-18-11-7-10-14-21(18)25(17(2)26)16-15-22(27)24-20-13-9-8-12-19(20)23(3,4)5/h7-14H,6,15-16H2,1-5H3,(H,24,27). The van der Waals surface area contributed by atoms with E-state index in [1.54, 1.807) is 11.8 Å². The number of anilines is 2. The van der Waals surface area contributed by atoms with E-state index in [4.69, 9.17) is 0 Å². The second-order valence-electron chi connectivity index (χ2n) is 7.75. The van der Waals surface area contributed by atoms with Gasteiger partial charge >= 0.3 is 0 Å². The summed E-state index contributed by atoms with van der Waals surface area (Å²) in [4.78, 5) is 26.4. The van der Waals surface area contributed by atoms with Crippen molar-refractivity contribution in [1.29, 1.82) is 0 Å². The Labute approximate surface area is 162 Å². The van der Waals surface area contributed by atoms with Gasteiger partial charge < -0.3 is 10.2 Å². The smallest absolute Gasteiger partial charge is 0.226 e. The van der Waals surface area contributed by atoms with Crippen LogP contribution in [0.3, 0.4) is 0 Å². The van der Waals surface area contributed by atoms with Gasteiger partial charge in [0.1, 0.15) is 0 Å². The number of nitrogens with zero attached hydrogens (tertiary/aromatic N) is 1. The van der Waals surface area contributed by atoms with Gasteiger partial charge in [0, 0.05) is 31.3 Å². The lowest BCUT2D eigenvalue weighted by Crippen LogP contribution is -2.32. The lowest BCUT2D eigenvalue weighted by atomic mass is 9.86. The number of carbonyl (C=O) groups excluding carboxylic acids is 2. The molecule has 4 heteroatoms. The van der Waals surface area contributed by atoms with Crippen LogP contribution < -0.4 is 10.2 Å². The first kappa shape index (κ1) is 20.7. The van der Waals surface area contributed by atoms with E-state index in [-0.39, 0.29) is 23.7 Å². The van der Waals surface area contributed by atoms with Crippen molar-refractivity contribution in [2.45, 2.75) is 52.9 Å². The van der Waals surface area contributed by atoms with Crippen molar-refractivity contribution in [3.63, 3.8) is 0 Å². The molecule has 1 N–H and O–H groups in total. The Morgan fingerprint density at radius 2 is 1.63 bits per heavy atom. The first-order chi connectivity index (χ1) is 12.7. The lowest BCUT2D eigenvalue weighted by molar-refractivity contribution is -0.117. The molecule has 0 fully saturated rings. The first-order valence-electron chi connectivity index (χ1n) is 9.49. The third-order valence-electron chi connectivity index (χ3n) is 4.62. The van der Waals surface area contributed by atoms with Crippen LogP contribution in [-0.2, 0) is 21.4 Å². The van der Waals surface area contributed by atoms with E-state index >= 15 is 0 Å². The highest BCUT2D eigenvalue weighted by molar-refractivity contribution is 5.95. The molecule has 0 heterocycles. The molecule has 144 valence electrons. The molecule has 0 atom stereocenters. The molecular formula is C23H30N2O2. The van der Waals surface area contributed by atoms with Crippen LogP contribution >= 0.6 is 0 Å². The number of rotatable bonds is 6. The summed E-state index contributed by atoms with van der Waals surface area (Å²) >= 11 is 0. The second-order valence-corrected chi connectivity index (χ2v) is 7.75. The Balaban J connectivity index is 2.11. The lowest BCUT2D eigenvalue weighted by Gasteiger charge is -2.25. The number of nitrogens with one attached hydrogen (secondary N) is 1. The van der Waals surface area contributed by atoms with E-state index in [1.165, 1.54) is 0 Å². The van der Waals surface area contributed by atoms with E-state index in [0.29, 0.717) is 6.54 Å². The third-order valence-corrected chi connectivity index (χ3v) is 4.62. The fourth-order valence-electron chi connectivity index (χ4n) is 3.19. The molecule has 0 aliphatic rings. The minimum atomic E-state index is -0.0908. The van der Waals surface area contributed by atoms with Crippen LogP contribution in [0.25, 0.3) is 0 Å². The molecule has 2 aromatic rings. The molecule has 0 spiro atoms. The maximum atomic E-state index is 12.6. The van der Waals surface area contributed by atoms with E-state index in [0.717, 1.165) is 28.9 Å². The van der Waals surface area contributed by atoms with Crippen molar-refractivity contribution in [3.8, 4) is 0 Å². The number of aryl methyl sites for hydroxylation is 1. The highest BCUT2D eigenvalue weighted by Gasteiger charge is 2.20. The summed E-state index contributed by atoms with van der Waals surface area (Å²) in [6.45, 7) is 10.3. The summed E-state index contributed by atoms with van der Waals surface area (Å²) in [5.74, 6) is -0.147. The van der Waals surface area contributed by atoms with Crippen LogP contribution in [0.15, 0.2) is 48.5 Å². The number of benzene rings is 2. The van der Waals surface area contributed by atoms with E-state index < -0.39 is 0 Å². The molecule has 4 nitrogen and oxygen atoms in total. The van der Waals surface area contributed by atoms with Gasteiger partial charge in [-0.3, -0.25) is 9.59 Å². The molecule has 0 bridgehead atoms. The number of para-hydroxylation sites is 2. The van der Waals surface area contributed by atoms with Gasteiger partial charge in [0.05, 0.1) is 0 Å². The Morgan fingerprint density at radius 3 is 2.26 bits per heavy atom. The molecule has 0 aliphatic carbocycles. The number of hydrogen-bond acceptors (Lipinski definition) is 2. The van der Waals surface area contributed by atoms with Crippen molar-refractivity contribution in [2.75, 3.05) is 16.8 Å². The van der Waals surface area contributed by atoms with E-state index in [9.17, 15) is 9.59 Å². The summed E-state index contributed by atoms with van der Waals surface area (Å²) in [6, 6.07) is 15.7. The number of amides is 2. The van der Waals surface area contributed by atoms with Gasteiger partial charge in [0.15, 0.2) is 0 Å². The average molecular weight is 367 g/mol. The Bertz CT molecular complexity index is 806. The predicted molar refractivity (Wildman–Crippen MR) is 112 cm³/mol. The third kappa shape index (κ3) is 5.43. The maximum absolute atomic E-state index is 12.6. The van der Waals surface area contributed by atoms with Gasteiger partial charge in [-0.1, -0.05) is 64.1 Å². The first-order valence-corrected chi connectivity index (χ1v) is 9.49. The minimum absolute atomic E-state index is 0.0567. The number of carbonyl (C=O) groups is 2. The van der Waals surface area contributed by atoms with Crippen molar-refractivity contribution in [3.05, 3.63) is 59.7 Å². The summed E-state index contributed by atoms with van der Waals surface area (Å²) in [6.07, 6.45) is 1.08.